The number of anilines is 3. The van der Waals surface area contributed by atoms with Crippen molar-refractivity contribution in [3.05, 3.63) is 38.5 Å². The summed E-state index contributed by atoms with van der Waals surface area (Å²) in [6.45, 7) is 6.18. The standard InChI is InChI=1S/C15H18Br2N4/c1-8(2)13-20-14(18-4)9(3)15(21-13)19-12-7-10(16)5-6-11(12)17/h5-8H,1-4H3,(H2,18,19,20,21). The van der Waals surface area contributed by atoms with Crippen LogP contribution in [-0.4, -0.2) is 17.0 Å². The van der Waals surface area contributed by atoms with Crippen LogP contribution in [0.1, 0.15) is 31.2 Å². The molecule has 0 aliphatic carbocycles. The van der Waals surface area contributed by atoms with Crippen LogP contribution in [0.3, 0.4) is 0 Å². The maximum Gasteiger partial charge on any atom is 0.139 e. The predicted molar refractivity (Wildman–Crippen MR) is 95.5 cm³/mol. The molecule has 0 amide bonds. The first-order valence-corrected chi connectivity index (χ1v) is 8.29. The summed E-state index contributed by atoms with van der Waals surface area (Å²) >= 11 is 7.04. The molecule has 2 aromatic rings. The molecule has 21 heavy (non-hydrogen) atoms. The summed E-state index contributed by atoms with van der Waals surface area (Å²) in [5.74, 6) is 2.75. The van der Waals surface area contributed by atoms with E-state index in [9.17, 15) is 0 Å². The van der Waals surface area contributed by atoms with Crippen molar-refractivity contribution in [2.24, 2.45) is 0 Å². The summed E-state index contributed by atoms with van der Waals surface area (Å²) in [5, 5.41) is 6.51. The normalized spacial score (nSPS) is 10.8. The first-order valence-electron chi connectivity index (χ1n) is 6.70. The summed E-state index contributed by atoms with van der Waals surface area (Å²) in [6, 6.07) is 5.99. The molecule has 0 atom stereocenters. The van der Waals surface area contributed by atoms with E-state index in [0.717, 1.165) is 37.7 Å². The zero-order chi connectivity index (χ0) is 15.6. The number of hydrogen-bond donors (Lipinski definition) is 2. The fourth-order valence-corrected chi connectivity index (χ4v) is 2.58. The number of benzene rings is 1. The largest absolute Gasteiger partial charge is 0.373 e. The molecule has 0 unspecified atom stereocenters. The van der Waals surface area contributed by atoms with Crippen molar-refractivity contribution in [2.75, 3.05) is 17.7 Å². The van der Waals surface area contributed by atoms with Crippen molar-refractivity contribution in [2.45, 2.75) is 26.7 Å². The third kappa shape index (κ3) is 3.74. The molecule has 0 saturated carbocycles. The van der Waals surface area contributed by atoms with E-state index in [1.165, 1.54) is 0 Å². The van der Waals surface area contributed by atoms with Gasteiger partial charge in [0, 0.05) is 27.5 Å². The lowest BCUT2D eigenvalue weighted by molar-refractivity contribution is 0.775. The summed E-state index contributed by atoms with van der Waals surface area (Å²) in [4.78, 5) is 9.20. The number of hydrogen-bond acceptors (Lipinski definition) is 4. The lowest BCUT2D eigenvalue weighted by atomic mass is 10.2. The van der Waals surface area contributed by atoms with E-state index in [0.29, 0.717) is 0 Å². The van der Waals surface area contributed by atoms with E-state index < -0.39 is 0 Å². The molecule has 0 aliphatic heterocycles. The highest BCUT2D eigenvalue weighted by Gasteiger charge is 2.13. The van der Waals surface area contributed by atoms with Crippen LogP contribution in [0.15, 0.2) is 27.1 Å². The van der Waals surface area contributed by atoms with E-state index in [2.05, 4.69) is 66.3 Å². The van der Waals surface area contributed by atoms with Gasteiger partial charge in [0.05, 0.1) is 5.69 Å². The van der Waals surface area contributed by atoms with Gasteiger partial charge in [-0.3, -0.25) is 0 Å². The second-order valence-electron chi connectivity index (χ2n) is 5.06. The predicted octanol–water partition coefficient (Wildman–Crippen LogP) is 5.22. The Kier molecular flexibility index (Phi) is 5.22. The van der Waals surface area contributed by atoms with Crippen LogP contribution >= 0.6 is 31.9 Å². The van der Waals surface area contributed by atoms with Gasteiger partial charge in [0.1, 0.15) is 17.5 Å². The molecule has 2 N–H and O–H groups in total. The van der Waals surface area contributed by atoms with Crippen LogP contribution in [0.25, 0.3) is 0 Å². The van der Waals surface area contributed by atoms with Crippen molar-refractivity contribution in [1.29, 1.82) is 0 Å². The minimum absolute atomic E-state index is 0.268. The summed E-state index contributed by atoms with van der Waals surface area (Å²) in [6.07, 6.45) is 0. The molecule has 4 nitrogen and oxygen atoms in total. The van der Waals surface area contributed by atoms with E-state index in [1.807, 2.05) is 32.2 Å². The zero-order valence-corrected chi connectivity index (χ0v) is 15.6. The van der Waals surface area contributed by atoms with Crippen LogP contribution in [-0.2, 0) is 0 Å². The molecule has 0 aliphatic rings. The topological polar surface area (TPSA) is 49.8 Å². The third-order valence-electron chi connectivity index (χ3n) is 3.10. The molecule has 0 bridgehead atoms. The van der Waals surface area contributed by atoms with Crippen molar-refractivity contribution >= 4 is 49.2 Å². The van der Waals surface area contributed by atoms with Gasteiger partial charge in [0.15, 0.2) is 0 Å². The van der Waals surface area contributed by atoms with Gasteiger partial charge in [-0.1, -0.05) is 29.8 Å². The average molecular weight is 414 g/mol. The molecule has 112 valence electrons. The van der Waals surface area contributed by atoms with Crippen LogP contribution in [0.2, 0.25) is 0 Å². The highest BCUT2D eigenvalue weighted by molar-refractivity contribution is 9.11. The van der Waals surface area contributed by atoms with Gasteiger partial charge < -0.3 is 10.6 Å². The van der Waals surface area contributed by atoms with Crippen molar-refractivity contribution in [3.63, 3.8) is 0 Å². The van der Waals surface area contributed by atoms with Crippen LogP contribution < -0.4 is 10.6 Å². The first kappa shape index (κ1) is 16.2. The van der Waals surface area contributed by atoms with Gasteiger partial charge >= 0.3 is 0 Å². The Labute approximate surface area is 142 Å². The molecule has 0 radical (unpaired) electrons. The van der Waals surface area contributed by atoms with Crippen molar-refractivity contribution < 1.29 is 0 Å². The number of nitrogens with zero attached hydrogens (tertiary/aromatic N) is 2. The Bertz CT molecular complexity index is 656. The molecule has 6 heteroatoms. The maximum absolute atomic E-state index is 4.65. The zero-order valence-electron chi connectivity index (χ0n) is 12.5. The Morgan fingerprint density at radius 1 is 1.10 bits per heavy atom. The Hall–Kier alpha value is -1.14. The number of aromatic nitrogens is 2. The molecule has 2 rings (SSSR count). The van der Waals surface area contributed by atoms with Crippen LogP contribution in [0.4, 0.5) is 17.3 Å². The number of halogens is 2. The Morgan fingerprint density at radius 2 is 1.76 bits per heavy atom. The highest BCUT2D eigenvalue weighted by Crippen LogP contribution is 2.31. The summed E-state index contributed by atoms with van der Waals surface area (Å²) < 4.78 is 2.00. The molecular weight excluding hydrogens is 396 g/mol. The third-order valence-corrected chi connectivity index (χ3v) is 4.28. The molecule has 1 heterocycles. The molecule has 1 aromatic heterocycles. The number of rotatable bonds is 4. The van der Waals surface area contributed by atoms with Gasteiger partial charge in [-0.2, -0.15) is 0 Å². The van der Waals surface area contributed by atoms with Gasteiger partial charge in [0.25, 0.3) is 0 Å². The fraction of sp³-hybridized carbons (Fsp3) is 0.333. The average Bonchev–Trinajstić information content (AvgIpc) is 2.44. The molecular formula is C15H18Br2N4. The molecule has 1 aromatic carbocycles. The second kappa shape index (κ2) is 6.75. The van der Waals surface area contributed by atoms with E-state index in [1.54, 1.807) is 0 Å². The summed E-state index contributed by atoms with van der Waals surface area (Å²) in [7, 11) is 1.87. The molecule has 0 fully saturated rings. The first-order chi connectivity index (χ1) is 9.92. The van der Waals surface area contributed by atoms with Gasteiger partial charge in [-0.25, -0.2) is 9.97 Å². The smallest absolute Gasteiger partial charge is 0.139 e. The van der Waals surface area contributed by atoms with Gasteiger partial charge in [-0.05, 0) is 41.1 Å². The molecule has 0 saturated heterocycles. The van der Waals surface area contributed by atoms with Gasteiger partial charge in [0.2, 0.25) is 0 Å². The number of nitrogens with one attached hydrogen (secondary N) is 2. The monoisotopic (exact) mass is 412 g/mol. The maximum atomic E-state index is 4.65. The minimum atomic E-state index is 0.268. The molecule has 0 spiro atoms. The van der Waals surface area contributed by atoms with E-state index >= 15 is 0 Å². The van der Waals surface area contributed by atoms with Crippen molar-refractivity contribution in [1.82, 2.24) is 9.97 Å². The lowest BCUT2D eigenvalue weighted by Crippen LogP contribution is -2.08. The Balaban J connectivity index is 2.47. The van der Waals surface area contributed by atoms with Crippen LogP contribution in [0, 0.1) is 6.92 Å². The van der Waals surface area contributed by atoms with Crippen molar-refractivity contribution in [3.8, 4) is 0 Å². The second-order valence-corrected chi connectivity index (χ2v) is 6.83. The summed E-state index contributed by atoms with van der Waals surface area (Å²) in [5.41, 5.74) is 1.96. The Morgan fingerprint density at radius 3 is 2.38 bits per heavy atom. The fourth-order valence-electron chi connectivity index (χ4n) is 1.88. The van der Waals surface area contributed by atoms with Crippen LogP contribution in [0.5, 0.6) is 0 Å². The highest BCUT2D eigenvalue weighted by atomic mass is 79.9. The van der Waals surface area contributed by atoms with E-state index in [-0.39, 0.29) is 5.92 Å². The SMILES string of the molecule is CNc1nc(C(C)C)nc(Nc2cc(Br)ccc2Br)c1C. The minimum Gasteiger partial charge on any atom is -0.373 e. The quantitative estimate of drug-likeness (QED) is 0.721. The lowest BCUT2D eigenvalue weighted by Gasteiger charge is -2.16. The van der Waals surface area contributed by atoms with Gasteiger partial charge in [-0.15, -0.1) is 0 Å². The van der Waals surface area contributed by atoms with E-state index in [4.69, 9.17) is 0 Å².